The van der Waals surface area contributed by atoms with Gasteiger partial charge in [0.2, 0.25) is 0 Å². The number of hydrogen-bond acceptors (Lipinski definition) is 3. The zero-order chi connectivity index (χ0) is 16.9. The van der Waals surface area contributed by atoms with Crippen molar-refractivity contribution in [3.05, 3.63) is 71.1 Å². The number of carbonyl (C=O) groups excluding carboxylic acids is 1. The third-order valence-electron chi connectivity index (χ3n) is 3.39. The third-order valence-corrected chi connectivity index (χ3v) is 3.71. The van der Waals surface area contributed by atoms with E-state index in [1.807, 2.05) is 37.3 Å². The Morgan fingerprint density at radius 1 is 1.25 bits per heavy atom. The average molecular weight is 342 g/mol. The summed E-state index contributed by atoms with van der Waals surface area (Å²) >= 11 is 6.20. The number of nitrogens with one attached hydrogen (secondary N) is 2. The van der Waals surface area contributed by atoms with Gasteiger partial charge in [-0.15, -0.1) is 5.10 Å². The lowest BCUT2D eigenvalue weighted by Gasteiger charge is -2.06. The van der Waals surface area contributed by atoms with E-state index in [9.17, 15) is 4.79 Å². The molecule has 0 fully saturated rings. The van der Waals surface area contributed by atoms with Gasteiger partial charge in [0, 0.05) is 30.7 Å². The van der Waals surface area contributed by atoms with Crippen molar-refractivity contribution in [1.29, 1.82) is 0 Å². The number of hydrogen-bond donors (Lipinski definition) is 2. The van der Waals surface area contributed by atoms with E-state index in [1.165, 1.54) is 0 Å². The first-order valence-electron chi connectivity index (χ1n) is 7.39. The number of urea groups is 1. The van der Waals surface area contributed by atoms with Gasteiger partial charge in [0.1, 0.15) is 0 Å². The molecule has 2 amide bonds. The Bertz CT molecular complexity index is 847. The highest BCUT2D eigenvalue weighted by Gasteiger charge is 2.11. The number of anilines is 1. The van der Waals surface area contributed by atoms with Gasteiger partial charge < -0.3 is 5.32 Å². The summed E-state index contributed by atoms with van der Waals surface area (Å²) in [6.45, 7) is 2.29. The lowest BCUT2D eigenvalue weighted by atomic mass is 10.3. The SMILES string of the molecule is Cc1cc(NC(=O)NCc2cccnc2)nn1-c1ccccc1Cl. The largest absolute Gasteiger partial charge is 0.334 e. The minimum Gasteiger partial charge on any atom is -0.334 e. The van der Waals surface area contributed by atoms with Crippen molar-refractivity contribution in [2.45, 2.75) is 13.5 Å². The highest BCUT2D eigenvalue weighted by atomic mass is 35.5. The predicted molar refractivity (Wildman–Crippen MR) is 93.4 cm³/mol. The van der Waals surface area contributed by atoms with Crippen LogP contribution in [0, 0.1) is 6.92 Å². The maximum atomic E-state index is 12.0. The Morgan fingerprint density at radius 2 is 2.08 bits per heavy atom. The number of aryl methyl sites for hydroxylation is 1. The molecule has 0 spiro atoms. The van der Waals surface area contributed by atoms with Crippen LogP contribution in [-0.4, -0.2) is 20.8 Å². The molecular formula is C17H16ClN5O. The highest BCUT2D eigenvalue weighted by molar-refractivity contribution is 6.32. The van der Waals surface area contributed by atoms with E-state index in [1.54, 1.807) is 29.2 Å². The molecule has 0 aliphatic rings. The van der Waals surface area contributed by atoms with Crippen molar-refractivity contribution in [2.75, 3.05) is 5.32 Å². The first-order valence-corrected chi connectivity index (χ1v) is 7.76. The van der Waals surface area contributed by atoms with Crippen molar-refractivity contribution < 1.29 is 4.79 Å². The van der Waals surface area contributed by atoms with Crippen LogP contribution < -0.4 is 10.6 Å². The lowest BCUT2D eigenvalue weighted by Crippen LogP contribution is -2.28. The average Bonchev–Trinajstić information content (AvgIpc) is 2.94. The zero-order valence-corrected chi connectivity index (χ0v) is 13.8. The molecule has 0 radical (unpaired) electrons. The summed E-state index contributed by atoms with van der Waals surface area (Å²) in [7, 11) is 0. The number of pyridine rings is 1. The quantitative estimate of drug-likeness (QED) is 0.762. The Hall–Kier alpha value is -2.86. The maximum Gasteiger partial charge on any atom is 0.320 e. The fourth-order valence-electron chi connectivity index (χ4n) is 2.25. The molecule has 122 valence electrons. The highest BCUT2D eigenvalue weighted by Crippen LogP contribution is 2.22. The van der Waals surface area contributed by atoms with Gasteiger partial charge in [-0.1, -0.05) is 29.8 Å². The molecule has 2 N–H and O–H groups in total. The van der Waals surface area contributed by atoms with Gasteiger partial charge >= 0.3 is 6.03 Å². The minimum atomic E-state index is -0.331. The normalized spacial score (nSPS) is 10.4. The molecule has 0 bridgehead atoms. The molecule has 0 atom stereocenters. The van der Waals surface area contributed by atoms with Crippen LogP contribution in [0.4, 0.5) is 10.6 Å². The number of halogens is 1. The second kappa shape index (κ2) is 7.14. The minimum absolute atomic E-state index is 0.331. The van der Waals surface area contributed by atoms with Crippen LogP contribution in [-0.2, 0) is 6.54 Å². The molecule has 0 aliphatic heterocycles. The standard InChI is InChI=1S/C17H16ClN5O/c1-12-9-16(22-23(12)15-7-3-2-6-14(15)18)21-17(24)20-11-13-5-4-8-19-10-13/h2-10H,11H2,1H3,(H2,20,21,22,24). The van der Waals surface area contributed by atoms with Crippen LogP contribution in [0.5, 0.6) is 0 Å². The van der Waals surface area contributed by atoms with E-state index in [-0.39, 0.29) is 6.03 Å². The molecule has 6 nitrogen and oxygen atoms in total. The number of para-hydroxylation sites is 1. The molecule has 2 heterocycles. The third kappa shape index (κ3) is 3.72. The zero-order valence-electron chi connectivity index (χ0n) is 13.0. The fourth-order valence-corrected chi connectivity index (χ4v) is 2.46. The smallest absolute Gasteiger partial charge is 0.320 e. The number of amides is 2. The van der Waals surface area contributed by atoms with Crippen LogP contribution in [0.3, 0.4) is 0 Å². The lowest BCUT2D eigenvalue weighted by molar-refractivity contribution is 0.251. The van der Waals surface area contributed by atoms with Crippen LogP contribution in [0.1, 0.15) is 11.3 Å². The van der Waals surface area contributed by atoms with Crippen LogP contribution in [0.2, 0.25) is 5.02 Å². The Labute approximate surface area is 144 Å². The first-order chi connectivity index (χ1) is 11.6. The number of rotatable bonds is 4. The number of aromatic nitrogens is 3. The van der Waals surface area contributed by atoms with Crippen molar-refractivity contribution in [3.63, 3.8) is 0 Å². The van der Waals surface area contributed by atoms with E-state index in [4.69, 9.17) is 11.6 Å². The summed E-state index contributed by atoms with van der Waals surface area (Å²) in [6.07, 6.45) is 3.39. The second-order valence-electron chi connectivity index (χ2n) is 5.20. The van der Waals surface area contributed by atoms with E-state index in [0.29, 0.717) is 17.4 Å². The second-order valence-corrected chi connectivity index (χ2v) is 5.61. The van der Waals surface area contributed by atoms with Gasteiger partial charge in [-0.25, -0.2) is 9.48 Å². The molecule has 0 unspecified atom stereocenters. The number of carbonyl (C=O) groups is 1. The van der Waals surface area contributed by atoms with E-state index in [0.717, 1.165) is 16.9 Å². The van der Waals surface area contributed by atoms with Crippen LogP contribution in [0.25, 0.3) is 5.69 Å². The van der Waals surface area contributed by atoms with E-state index < -0.39 is 0 Å². The van der Waals surface area contributed by atoms with Gasteiger partial charge in [-0.2, -0.15) is 0 Å². The predicted octanol–water partition coefficient (Wildman–Crippen LogP) is 3.55. The van der Waals surface area contributed by atoms with Crippen LogP contribution >= 0.6 is 11.6 Å². The van der Waals surface area contributed by atoms with E-state index in [2.05, 4.69) is 20.7 Å². The Kier molecular flexibility index (Phi) is 4.77. The molecule has 0 saturated heterocycles. The molecule has 3 rings (SSSR count). The summed E-state index contributed by atoms with van der Waals surface area (Å²) in [6, 6.07) is 12.6. The van der Waals surface area contributed by atoms with Gasteiger partial charge in [0.05, 0.1) is 10.7 Å². The number of nitrogens with zero attached hydrogens (tertiary/aromatic N) is 3. The molecular weight excluding hydrogens is 326 g/mol. The van der Waals surface area contributed by atoms with Crippen molar-refractivity contribution in [3.8, 4) is 5.69 Å². The molecule has 0 aliphatic carbocycles. The summed E-state index contributed by atoms with van der Waals surface area (Å²) in [5.74, 6) is 0.455. The molecule has 0 saturated carbocycles. The monoisotopic (exact) mass is 341 g/mol. The maximum absolute atomic E-state index is 12.0. The summed E-state index contributed by atoms with van der Waals surface area (Å²) in [5.41, 5.74) is 2.55. The van der Waals surface area contributed by atoms with Crippen LogP contribution in [0.15, 0.2) is 54.9 Å². The van der Waals surface area contributed by atoms with Crippen molar-refractivity contribution in [1.82, 2.24) is 20.1 Å². The molecule has 7 heteroatoms. The van der Waals surface area contributed by atoms with Gasteiger partial charge in [0.25, 0.3) is 0 Å². The van der Waals surface area contributed by atoms with Crippen molar-refractivity contribution in [2.24, 2.45) is 0 Å². The number of benzene rings is 1. The summed E-state index contributed by atoms with van der Waals surface area (Å²) in [5, 5.41) is 10.5. The topological polar surface area (TPSA) is 71.8 Å². The van der Waals surface area contributed by atoms with Gasteiger partial charge in [0.15, 0.2) is 5.82 Å². The molecule has 2 aromatic heterocycles. The molecule has 1 aromatic carbocycles. The Morgan fingerprint density at radius 3 is 2.83 bits per heavy atom. The van der Waals surface area contributed by atoms with Crippen molar-refractivity contribution >= 4 is 23.4 Å². The first kappa shape index (κ1) is 16.0. The summed E-state index contributed by atoms with van der Waals surface area (Å²) < 4.78 is 1.69. The summed E-state index contributed by atoms with van der Waals surface area (Å²) in [4.78, 5) is 16.0. The van der Waals surface area contributed by atoms with Gasteiger partial charge in [-0.3, -0.25) is 10.3 Å². The molecule has 3 aromatic rings. The fraction of sp³-hybridized carbons (Fsp3) is 0.118. The van der Waals surface area contributed by atoms with Gasteiger partial charge in [-0.05, 0) is 30.7 Å². The Balaban J connectivity index is 1.67. The van der Waals surface area contributed by atoms with E-state index >= 15 is 0 Å². The molecule has 24 heavy (non-hydrogen) atoms.